The van der Waals surface area contributed by atoms with Gasteiger partial charge >= 0.3 is 0 Å². The maximum atomic E-state index is 9.77. The highest BCUT2D eigenvalue weighted by atomic mass is 127. The molecule has 34 heavy (non-hydrogen) atoms. The van der Waals surface area contributed by atoms with Crippen molar-refractivity contribution in [2.75, 3.05) is 12.8 Å². The number of nitrogen functional groups attached to an aromatic ring is 1. The summed E-state index contributed by atoms with van der Waals surface area (Å²) < 4.78 is 12.6. The molecule has 168 valence electrons. The Morgan fingerprint density at radius 2 is 1.85 bits per heavy atom. The quantitative estimate of drug-likeness (QED) is 0.391. The minimum absolute atomic E-state index is 0.136. The third kappa shape index (κ3) is 4.11. The monoisotopic (exact) mass is 560 g/mol. The number of hydrogen-bond acceptors (Lipinski definition) is 6. The molecule has 0 atom stereocenters. The van der Waals surface area contributed by atoms with E-state index in [1.54, 1.807) is 7.11 Å². The van der Waals surface area contributed by atoms with Crippen LogP contribution in [0.1, 0.15) is 40.4 Å². The molecule has 1 aromatic heterocycles. The Morgan fingerprint density at radius 1 is 1.12 bits per heavy atom. The van der Waals surface area contributed by atoms with E-state index in [1.807, 2.05) is 62.4 Å². The van der Waals surface area contributed by atoms with Crippen molar-refractivity contribution in [1.82, 2.24) is 4.98 Å². The van der Waals surface area contributed by atoms with Crippen molar-refractivity contribution >= 4 is 45.6 Å². The standard InChI is InChI=1S/C27H21IN4O2/c1-15-19(24-16(2)21(13-30)27(31)32-25(24)20(15)12-29)9-18-10-22(28)26(23(11-18)33-3)34-14-17-7-5-4-6-8-17/h4-11H,14H2,1-3H3,(H2,31,32)/b19-9-. The largest absolute Gasteiger partial charge is 0.493 e. The van der Waals surface area contributed by atoms with E-state index < -0.39 is 0 Å². The SMILES string of the molecule is COc1cc(/C=C2/C(C)=C(C#N)c3nc(N)c(C#N)c(C)c32)cc(I)c1OCc1ccccc1. The van der Waals surface area contributed by atoms with Crippen molar-refractivity contribution in [2.45, 2.75) is 20.5 Å². The van der Waals surface area contributed by atoms with Crippen molar-refractivity contribution in [3.05, 3.63) is 85.1 Å². The highest BCUT2D eigenvalue weighted by molar-refractivity contribution is 14.1. The molecule has 1 aliphatic carbocycles. The Labute approximate surface area is 212 Å². The van der Waals surface area contributed by atoms with Crippen LogP contribution < -0.4 is 15.2 Å². The fraction of sp³-hybridized carbons (Fsp3) is 0.148. The first-order valence-corrected chi connectivity index (χ1v) is 11.6. The maximum absolute atomic E-state index is 9.77. The minimum atomic E-state index is 0.136. The Kier molecular flexibility index (Phi) is 6.58. The summed E-state index contributed by atoms with van der Waals surface area (Å²) >= 11 is 2.23. The van der Waals surface area contributed by atoms with E-state index in [-0.39, 0.29) is 5.82 Å². The van der Waals surface area contributed by atoms with Gasteiger partial charge in [0.05, 0.1) is 27.5 Å². The molecule has 0 unspecified atom stereocenters. The molecule has 0 aliphatic heterocycles. The lowest BCUT2D eigenvalue weighted by atomic mass is 9.95. The normalized spacial score (nSPS) is 13.4. The number of nitriles is 2. The van der Waals surface area contributed by atoms with Crippen LogP contribution in [-0.4, -0.2) is 12.1 Å². The number of methoxy groups -OCH3 is 1. The molecule has 0 amide bonds. The smallest absolute Gasteiger partial charge is 0.174 e. The van der Waals surface area contributed by atoms with Crippen molar-refractivity contribution in [3.8, 4) is 23.6 Å². The molecule has 1 heterocycles. The predicted octanol–water partition coefficient (Wildman–Crippen LogP) is 5.89. The van der Waals surface area contributed by atoms with E-state index in [2.05, 4.69) is 39.7 Å². The topological polar surface area (TPSA) is 105 Å². The van der Waals surface area contributed by atoms with Crippen molar-refractivity contribution in [3.63, 3.8) is 0 Å². The summed E-state index contributed by atoms with van der Waals surface area (Å²) in [5, 5.41) is 19.3. The molecule has 0 bridgehead atoms. The molecular weight excluding hydrogens is 539 g/mol. The van der Waals surface area contributed by atoms with Crippen LogP contribution >= 0.6 is 22.6 Å². The predicted molar refractivity (Wildman–Crippen MR) is 141 cm³/mol. The van der Waals surface area contributed by atoms with Crippen molar-refractivity contribution in [1.29, 1.82) is 10.5 Å². The Balaban J connectivity index is 1.79. The van der Waals surface area contributed by atoms with Gasteiger partial charge in [0.25, 0.3) is 0 Å². The number of pyridine rings is 1. The van der Waals surface area contributed by atoms with Crippen LogP contribution in [0.2, 0.25) is 0 Å². The fourth-order valence-corrected chi connectivity index (χ4v) is 4.84. The zero-order valence-electron chi connectivity index (χ0n) is 18.9. The zero-order valence-corrected chi connectivity index (χ0v) is 21.1. The van der Waals surface area contributed by atoms with E-state index in [0.717, 1.165) is 31.4 Å². The van der Waals surface area contributed by atoms with Gasteiger partial charge in [0.1, 0.15) is 24.6 Å². The summed E-state index contributed by atoms with van der Waals surface area (Å²) in [6, 6.07) is 18.2. The summed E-state index contributed by atoms with van der Waals surface area (Å²) in [4.78, 5) is 4.39. The van der Waals surface area contributed by atoms with Crippen LogP contribution in [0.15, 0.2) is 48.0 Å². The number of halogens is 1. The lowest BCUT2D eigenvalue weighted by Gasteiger charge is -2.15. The summed E-state index contributed by atoms with van der Waals surface area (Å²) in [5.74, 6) is 1.42. The number of rotatable bonds is 5. The molecule has 3 aromatic rings. The lowest BCUT2D eigenvalue weighted by molar-refractivity contribution is 0.282. The van der Waals surface area contributed by atoms with Gasteiger partial charge in [-0.15, -0.1) is 0 Å². The first kappa shape index (κ1) is 23.3. The van der Waals surface area contributed by atoms with Crippen LogP contribution in [0.25, 0.3) is 17.2 Å². The summed E-state index contributed by atoms with van der Waals surface area (Å²) in [5.41, 5.74) is 12.3. The molecule has 0 saturated heterocycles. The minimum Gasteiger partial charge on any atom is -0.493 e. The Morgan fingerprint density at radius 3 is 2.50 bits per heavy atom. The number of allylic oxidation sites excluding steroid dienone is 3. The number of aromatic nitrogens is 1. The fourth-order valence-electron chi connectivity index (χ4n) is 4.06. The van der Waals surface area contributed by atoms with Gasteiger partial charge in [-0.3, -0.25) is 0 Å². The number of hydrogen-bond donors (Lipinski definition) is 1. The number of benzene rings is 2. The first-order valence-electron chi connectivity index (χ1n) is 10.5. The summed E-state index contributed by atoms with van der Waals surface area (Å²) in [6.07, 6.45) is 1.98. The van der Waals surface area contributed by atoms with E-state index >= 15 is 0 Å². The van der Waals surface area contributed by atoms with Crippen molar-refractivity contribution < 1.29 is 9.47 Å². The highest BCUT2D eigenvalue weighted by Crippen LogP contribution is 2.45. The van der Waals surface area contributed by atoms with E-state index in [0.29, 0.717) is 40.5 Å². The van der Waals surface area contributed by atoms with Gasteiger partial charge in [0.15, 0.2) is 11.5 Å². The number of fused-ring (bicyclic) bond motifs is 1. The van der Waals surface area contributed by atoms with Crippen LogP contribution in [0.3, 0.4) is 0 Å². The molecule has 0 spiro atoms. The molecule has 0 fully saturated rings. The van der Waals surface area contributed by atoms with Gasteiger partial charge in [-0.05, 0) is 82.5 Å². The summed E-state index contributed by atoms with van der Waals surface area (Å²) in [6.45, 7) is 4.15. The number of ether oxygens (including phenoxy) is 2. The number of anilines is 1. The molecule has 2 N–H and O–H groups in total. The zero-order chi connectivity index (χ0) is 24.4. The lowest BCUT2D eigenvalue weighted by Crippen LogP contribution is -2.04. The van der Waals surface area contributed by atoms with Crippen LogP contribution in [0.4, 0.5) is 5.82 Å². The van der Waals surface area contributed by atoms with E-state index in [1.165, 1.54) is 0 Å². The molecular formula is C27H21IN4O2. The molecule has 2 aromatic carbocycles. The molecule has 0 radical (unpaired) electrons. The second kappa shape index (κ2) is 9.58. The molecule has 6 nitrogen and oxygen atoms in total. The van der Waals surface area contributed by atoms with E-state index in [9.17, 15) is 10.5 Å². The highest BCUT2D eigenvalue weighted by Gasteiger charge is 2.29. The van der Waals surface area contributed by atoms with Gasteiger partial charge < -0.3 is 15.2 Å². The number of nitrogens with two attached hydrogens (primary N) is 1. The van der Waals surface area contributed by atoms with Gasteiger partial charge in [0.2, 0.25) is 0 Å². The second-order valence-electron chi connectivity index (χ2n) is 7.81. The Bertz CT molecular complexity index is 1440. The molecule has 7 heteroatoms. The van der Waals surface area contributed by atoms with Gasteiger partial charge in [-0.2, -0.15) is 10.5 Å². The average molecular weight is 560 g/mol. The first-order chi connectivity index (χ1) is 16.4. The van der Waals surface area contributed by atoms with Crippen LogP contribution in [0.5, 0.6) is 11.5 Å². The molecule has 1 aliphatic rings. The second-order valence-corrected chi connectivity index (χ2v) is 8.97. The van der Waals surface area contributed by atoms with Crippen LogP contribution in [0, 0.1) is 33.2 Å². The summed E-state index contributed by atoms with van der Waals surface area (Å²) in [7, 11) is 1.61. The van der Waals surface area contributed by atoms with Crippen LogP contribution in [-0.2, 0) is 6.61 Å². The molecule has 4 rings (SSSR count). The Hall–Kier alpha value is -3.82. The van der Waals surface area contributed by atoms with Crippen molar-refractivity contribution in [2.24, 2.45) is 0 Å². The van der Waals surface area contributed by atoms with E-state index in [4.69, 9.17) is 15.2 Å². The van der Waals surface area contributed by atoms with Gasteiger partial charge in [0, 0.05) is 5.56 Å². The number of nitrogens with zero attached hydrogens (tertiary/aromatic N) is 3. The maximum Gasteiger partial charge on any atom is 0.174 e. The third-order valence-electron chi connectivity index (χ3n) is 5.77. The third-order valence-corrected chi connectivity index (χ3v) is 6.57. The van der Waals surface area contributed by atoms with Gasteiger partial charge in [-0.25, -0.2) is 4.98 Å². The average Bonchev–Trinajstić information content (AvgIpc) is 3.09. The van der Waals surface area contributed by atoms with Gasteiger partial charge in [-0.1, -0.05) is 30.3 Å². The molecule has 0 saturated carbocycles.